The van der Waals surface area contributed by atoms with Crippen LogP contribution < -0.4 is 26.6 Å². The second-order valence-corrected chi connectivity index (χ2v) is 9.88. The summed E-state index contributed by atoms with van der Waals surface area (Å²) in [6.45, 7) is 6.32. The number of carbonyl (C=O) groups excluding carboxylic acids is 1. The molecule has 4 aromatic rings. The summed E-state index contributed by atoms with van der Waals surface area (Å²) in [5, 5.41) is 23.7. The number of fused-ring (bicyclic) bond motifs is 1. The minimum atomic E-state index is -0.0810. The van der Waals surface area contributed by atoms with E-state index in [-0.39, 0.29) is 5.91 Å². The Hall–Kier alpha value is -4.33. The number of aromatic amines is 1. The van der Waals surface area contributed by atoms with Crippen molar-refractivity contribution in [2.45, 2.75) is 32.6 Å². The molecule has 0 saturated carbocycles. The van der Waals surface area contributed by atoms with E-state index < -0.39 is 0 Å². The lowest BCUT2D eigenvalue weighted by molar-refractivity contribution is 0.0531. The second-order valence-electron chi connectivity index (χ2n) is 9.88. The molecule has 0 saturated heterocycles. The highest BCUT2D eigenvalue weighted by molar-refractivity contribution is 5.94. The van der Waals surface area contributed by atoms with Gasteiger partial charge in [0.1, 0.15) is 0 Å². The van der Waals surface area contributed by atoms with Crippen molar-refractivity contribution in [3.8, 4) is 0 Å². The smallest absolute Gasteiger partial charge is 0.251 e. The lowest BCUT2D eigenvalue weighted by atomic mass is 10.2. The zero-order valence-corrected chi connectivity index (χ0v) is 24.9. The molecular weight excluding hydrogens is 548 g/mol. The highest BCUT2D eigenvalue weighted by atomic mass is 16.5. The van der Waals surface area contributed by atoms with Crippen LogP contribution in [0.25, 0.3) is 10.9 Å². The maximum atomic E-state index is 12.5. The van der Waals surface area contributed by atoms with Crippen molar-refractivity contribution in [1.82, 2.24) is 35.8 Å². The third kappa shape index (κ3) is 10.8. The van der Waals surface area contributed by atoms with E-state index in [1.165, 1.54) is 12.8 Å². The number of hydrogen-bond acceptors (Lipinski definition) is 11. The van der Waals surface area contributed by atoms with Crippen LogP contribution in [0.4, 0.5) is 29.2 Å². The highest BCUT2D eigenvalue weighted by Gasteiger charge is 2.10. The molecule has 0 atom stereocenters. The number of nitrogens with one attached hydrogen (secondary N) is 6. The van der Waals surface area contributed by atoms with Crippen molar-refractivity contribution < 1.29 is 14.3 Å². The van der Waals surface area contributed by atoms with Crippen LogP contribution in [-0.4, -0.2) is 84.2 Å². The number of rotatable bonds is 20. The number of nitrogens with zero attached hydrogens (tertiary/aromatic N) is 4. The van der Waals surface area contributed by atoms with E-state index in [1.807, 2.05) is 37.4 Å². The minimum Gasteiger partial charge on any atom is -0.378 e. The Kier molecular flexibility index (Phi) is 12.9. The third-order valence-corrected chi connectivity index (χ3v) is 6.45. The van der Waals surface area contributed by atoms with Crippen molar-refractivity contribution in [3.05, 3.63) is 54.2 Å². The summed E-state index contributed by atoms with van der Waals surface area (Å²) in [7, 11) is 1.89. The number of aromatic nitrogens is 5. The topological polar surface area (TPSA) is 163 Å². The molecule has 0 unspecified atom stereocenters. The van der Waals surface area contributed by atoms with E-state index in [1.54, 1.807) is 18.3 Å². The van der Waals surface area contributed by atoms with Crippen LogP contribution in [0, 0.1) is 0 Å². The van der Waals surface area contributed by atoms with Gasteiger partial charge in [0.05, 0.1) is 38.1 Å². The summed E-state index contributed by atoms with van der Waals surface area (Å²) in [5.74, 6) is 1.01. The zero-order chi connectivity index (χ0) is 30.1. The number of benzene rings is 2. The predicted molar refractivity (Wildman–Crippen MR) is 169 cm³/mol. The maximum absolute atomic E-state index is 12.5. The van der Waals surface area contributed by atoms with E-state index in [9.17, 15) is 4.79 Å². The summed E-state index contributed by atoms with van der Waals surface area (Å²) in [5.41, 5.74) is 3.09. The fourth-order valence-electron chi connectivity index (χ4n) is 4.14. The lowest BCUT2D eigenvalue weighted by Gasteiger charge is -2.12. The molecule has 43 heavy (non-hydrogen) atoms. The average molecular weight is 591 g/mol. The summed E-state index contributed by atoms with van der Waals surface area (Å²) in [4.78, 5) is 26.1. The van der Waals surface area contributed by atoms with Crippen molar-refractivity contribution in [2.24, 2.45) is 0 Å². The van der Waals surface area contributed by atoms with Crippen LogP contribution in [0.1, 0.15) is 43.0 Å². The largest absolute Gasteiger partial charge is 0.378 e. The molecule has 13 nitrogen and oxygen atoms in total. The Morgan fingerprint density at radius 3 is 2.23 bits per heavy atom. The van der Waals surface area contributed by atoms with Crippen LogP contribution in [0.3, 0.4) is 0 Å². The Morgan fingerprint density at radius 2 is 1.49 bits per heavy atom. The fourth-order valence-corrected chi connectivity index (χ4v) is 4.14. The van der Waals surface area contributed by atoms with E-state index in [0.29, 0.717) is 62.9 Å². The van der Waals surface area contributed by atoms with Gasteiger partial charge in [-0.25, -0.2) is 0 Å². The first-order valence-corrected chi connectivity index (χ1v) is 14.8. The normalized spacial score (nSPS) is 11.0. The number of anilines is 5. The molecule has 1 amide bonds. The van der Waals surface area contributed by atoms with Gasteiger partial charge >= 0.3 is 0 Å². The molecule has 2 heterocycles. The number of hydrogen-bond donors (Lipinski definition) is 6. The van der Waals surface area contributed by atoms with E-state index in [2.05, 4.69) is 58.7 Å². The summed E-state index contributed by atoms with van der Waals surface area (Å²) in [6, 6.07) is 13.0. The van der Waals surface area contributed by atoms with Crippen LogP contribution in [0.15, 0.2) is 48.7 Å². The quantitative estimate of drug-likeness (QED) is 0.0818. The van der Waals surface area contributed by atoms with Gasteiger partial charge in [-0.1, -0.05) is 26.2 Å². The van der Waals surface area contributed by atoms with Crippen molar-refractivity contribution in [1.29, 1.82) is 0 Å². The lowest BCUT2D eigenvalue weighted by Crippen LogP contribution is -2.24. The first-order chi connectivity index (χ1) is 21.1. The molecule has 13 heteroatoms. The summed E-state index contributed by atoms with van der Waals surface area (Å²) in [6.07, 6.45) is 6.22. The molecule has 0 aliphatic carbocycles. The summed E-state index contributed by atoms with van der Waals surface area (Å²) < 4.78 is 11.1. The van der Waals surface area contributed by atoms with E-state index in [0.717, 1.165) is 41.7 Å². The zero-order valence-electron chi connectivity index (χ0n) is 24.9. The highest BCUT2D eigenvalue weighted by Crippen LogP contribution is 2.22. The number of ether oxygens (including phenoxy) is 2. The molecule has 2 aromatic heterocycles. The first kappa shape index (κ1) is 31.6. The first-order valence-electron chi connectivity index (χ1n) is 14.8. The van der Waals surface area contributed by atoms with Gasteiger partial charge in [0.2, 0.25) is 17.8 Å². The minimum absolute atomic E-state index is 0.0810. The Morgan fingerprint density at radius 1 is 0.791 bits per heavy atom. The van der Waals surface area contributed by atoms with Gasteiger partial charge in [0.15, 0.2) is 0 Å². The van der Waals surface area contributed by atoms with Crippen LogP contribution in [0.5, 0.6) is 0 Å². The van der Waals surface area contributed by atoms with Crippen molar-refractivity contribution in [3.63, 3.8) is 0 Å². The molecular formula is C30H42N10O3. The van der Waals surface area contributed by atoms with E-state index >= 15 is 0 Å². The van der Waals surface area contributed by atoms with Crippen LogP contribution in [-0.2, 0) is 9.47 Å². The molecule has 0 fully saturated rings. The maximum Gasteiger partial charge on any atom is 0.251 e. The van der Waals surface area contributed by atoms with Gasteiger partial charge in [0, 0.05) is 42.0 Å². The third-order valence-electron chi connectivity index (χ3n) is 6.45. The molecule has 230 valence electrons. The Labute approximate surface area is 252 Å². The van der Waals surface area contributed by atoms with E-state index in [4.69, 9.17) is 9.47 Å². The van der Waals surface area contributed by atoms with Gasteiger partial charge < -0.3 is 36.1 Å². The molecule has 2 aromatic carbocycles. The van der Waals surface area contributed by atoms with Gasteiger partial charge in [-0.3, -0.25) is 9.89 Å². The molecule has 0 bridgehead atoms. The van der Waals surface area contributed by atoms with Gasteiger partial charge in [-0.05, 0) is 55.9 Å². The van der Waals surface area contributed by atoms with Gasteiger partial charge in [-0.2, -0.15) is 20.1 Å². The van der Waals surface area contributed by atoms with Crippen molar-refractivity contribution in [2.75, 3.05) is 69.1 Å². The number of likely N-dealkylation sites (N-methyl/N-ethyl adjacent to an activating group) is 1. The van der Waals surface area contributed by atoms with Crippen LogP contribution in [0.2, 0.25) is 0 Å². The molecule has 0 aliphatic rings. The molecule has 4 rings (SSSR count). The monoisotopic (exact) mass is 590 g/mol. The Bertz CT molecular complexity index is 1400. The second kappa shape index (κ2) is 17.6. The molecule has 0 aliphatic heterocycles. The van der Waals surface area contributed by atoms with Crippen LogP contribution >= 0.6 is 0 Å². The molecule has 0 radical (unpaired) electrons. The van der Waals surface area contributed by atoms with Gasteiger partial charge in [0.25, 0.3) is 5.91 Å². The number of unbranched alkanes of at least 4 members (excludes halogenated alkanes) is 3. The van der Waals surface area contributed by atoms with Gasteiger partial charge in [-0.15, -0.1) is 0 Å². The number of H-pyrrole nitrogens is 1. The molecule has 0 spiro atoms. The predicted octanol–water partition coefficient (Wildman–Crippen LogP) is 4.21. The standard InChI is InChI=1S/C30H42N10O3/c1-3-4-5-6-13-32-27(41)22-7-9-24(10-8-22)35-29-37-28(33-15-17-43-19-18-42-16-14-31-2)38-30(39-29)36-25-11-12-26-23(20-25)21-34-40-26/h7-12,20-21,31H,3-6,13-19H2,1-2H3,(H,32,41)(H,34,40)(H3,33,35,36,37,38,39). The average Bonchev–Trinajstić information content (AvgIpc) is 3.48. The van der Waals surface area contributed by atoms with Crippen molar-refractivity contribution >= 4 is 46.0 Å². The Balaban J connectivity index is 1.37. The number of carbonyl (C=O) groups is 1. The number of amides is 1. The molecule has 6 N–H and O–H groups in total. The fraction of sp³-hybridized carbons (Fsp3) is 0.433. The SMILES string of the molecule is CCCCCCNC(=O)c1ccc(Nc2nc(NCCOCCOCCNC)nc(Nc3ccc4[nH]ncc4c3)n2)cc1. The summed E-state index contributed by atoms with van der Waals surface area (Å²) >= 11 is 0.